The van der Waals surface area contributed by atoms with E-state index in [0.29, 0.717) is 17.1 Å². The maximum Gasteiger partial charge on any atom is 0.273 e. The van der Waals surface area contributed by atoms with E-state index in [-0.39, 0.29) is 18.9 Å². The first-order chi connectivity index (χ1) is 10.1. The first kappa shape index (κ1) is 14.8. The van der Waals surface area contributed by atoms with Crippen LogP contribution in [0.25, 0.3) is 0 Å². The summed E-state index contributed by atoms with van der Waals surface area (Å²) in [6, 6.07) is 11.5. The maximum absolute atomic E-state index is 10.9. The number of non-ortho nitro benzene ring substituents is 1. The van der Waals surface area contributed by atoms with Crippen LogP contribution in [0, 0.1) is 10.1 Å². The van der Waals surface area contributed by atoms with Crippen molar-refractivity contribution in [1.82, 2.24) is 0 Å². The van der Waals surface area contributed by atoms with Gasteiger partial charge in [-0.25, -0.2) is 0 Å². The number of nitrogens with zero attached hydrogens (tertiary/aromatic N) is 1. The maximum atomic E-state index is 10.9. The normalized spacial score (nSPS) is 10.2. The number of hydrogen-bond acceptors (Lipinski definition) is 5. The molecule has 21 heavy (non-hydrogen) atoms. The van der Waals surface area contributed by atoms with Crippen LogP contribution in [0.2, 0.25) is 0 Å². The SMILES string of the molecule is COc1cc(COc2cccc(CO)c2)cc([N+](=O)[O-])c1. The molecule has 110 valence electrons. The second-order valence-electron chi connectivity index (χ2n) is 4.39. The molecule has 0 saturated carbocycles. The minimum Gasteiger partial charge on any atom is -0.496 e. The molecule has 6 heteroatoms. The van der Waals surface area contributed by atoms with E-state index < -0.39 is 4.92 Å². The Morgan fingerprint density at radius 1 is 1.14 bits per heavy atom. The monoisotopic (exact) mass is 289 g/mol. The van der Waals surface area contributed by atoms with Crippen molar-refractivity contribution in [3.05, 3.63) is 63.7 Å². The third-order valence-corrected chi connectivity index (χ3v) is 2.88. The van der Waals surface area contributed by atoms with Crippen molar-refractivity contribution in [3.8, 4) is 11.5 Å². The molecule has 0 heterocycles. The molecule has 0 aliphatic heterocycles. The van der Waals surface area contributed by atoms with Gasteiger partial charge in [-0.3, -0.25) is 10.1 Å². The van der Waals surface area contributed by atoms with Crippen LogP contribution in [-0.4, -0.2) is 17.1 Å². The van der Waals surface area contributed by atoms with Crippen molar-refractivity contribution < 1.29 is 19.5 Å². The van der Waals surface area contributed by atoms with Gasteiger partial charge in [-0.15, -0.1) is 0 Å². The van der Waals surface area contributed by atoms with E-state index in [9.17, 15) is 10.1 Å². The largest absolute Gasteiger partial charge is 0.496 e. The van der Waals surface area contributed by atoms with Crippen LogP contribution in [0.3, 0.4) is 0 Å². The zero-order chi connectivity index (χ0) is 15.2. The lowest BCUT2D eigenvalue weighted by Crippen LogP contribution is -1.99. The molecule has 0 atom stereocenters. The lowest BCUT2D eigenvalue weighted by Gasteiger charge is -2.09. The molecule has 0 aliphatic rings. The Morgan fingerprint density at radius 3 is 2.57 bits per heavy atom. The van der Waals surface area contributed by atoms with Gasteiger partial charge in [0, 0.05) is 6.07 Å². The molecule has 0 radical (unpaired) electrons. The Labute approximate surface area is 121 Å². The van der Waals surface area contributed by atoms with Gasteiger partial charge >= 0.3 is 0 Å². The lowest BCUT2D eigenvalue weighted by molar-refractivity contribution is -0.385. The average molecular weight is 289 g/mol. The van der Waals surface area contributed by atoms with E-state index in [0.717, 1.165) is 5.56 Å². The van der Waals surface area contributed by atoms with Gasteiger partial charge in [0.15, 0.2) is 0 Å². The molecule has 2 rings (SSSR count). The van der Waals surface area contributed by atoms with Crippen LogP contribution in [0.1, 0.15) is 11.1 Å². The number of methoxy groups -OCH3 is 1. The molecule has 1 N–H and O–H groups in total. The number of rotatable bonds is 6. The Bertz CT molecular complexity index is 642. The molecule has 0 aliphatic carbocycles. The number of aliphatic hydroxyl groups is 1. The molecule has 2 aromatic rings. The van der Waals surface area contributed by atoms with Gasteiger partial charge in [0.2, 0.25) is 0 Å². The van der Waals surface area contributed by atoms with Crippen molar-refractivity contribution in [2.75, 3.05) is 7.11 Å². The number of nitro groups is 1. The number of benzene rings is 2. The van der Waals surface area contributed by atoms with Gasteiger partial charge < -0.3 is 14.6 Å². The van der Waals surface area contributed by atoms with Crippen molar-refractivity contribution in [2.24, 2.45) is 0 Å². The minimum absolute atomic E-state index is 0.0444. The zero-order valence-corrected chi connectivity index (χ0v) is 11.5. The van der Waals surface area contributed by atoms with Crippen LogP contribution < -0.4 is 9.47 Å². The predicted octanol–water partition coefficient (Wildman–Crippen LogP) is 2.67. The Balaban J connectivity index is 2.15. The van der Waals surface area contributed by atoms with Crippen LogP contribution >= 0.6 is 0 Å². The third kappa shape index (κ3) is 3.93. The van der Waals surface area contributed by atoms with Gasteiger partial charge in [-0.1, -0.05) is 12.1 Å². The second-order valence-corrected chi connectivity index (χ2v) is 4.39. The molecule has 0 fully saturated rings. The summed E-state index contributed by atoms with van der Waals surface area (Å²) in [7, 11) is 1.45. The zero-order valence-electron chi connectivity index (χ0n) is 11.5. The summed E-state index contributed by atoms with van der Waals surface area (Å²) >= 11 is 0. The fourth-order valence-electron chi connectivity index (χ4n) is 1.85. The number of hydrogen-bond donors (Lipinski definition) is 1. The van der Waals surface area contributed by atoms with Crippen molar-refractivity contribution >= 4 is 5.69 Å². The molecular formula is C15H15NO5. The number of nitro benzene ring substituents is 1. The summed E-state index contributed by atoms with van der Waals surface area (Å²) in [4.78, 5) is 10.4. The van der Waals surface area contributed by atoms with Crippen molar-refractivity contribution in [1.29, 1.82) is 0 Å². The van der Waals surface area contributed by atoms with Crippen molar-refractivity contribution in [3.63, 3.8) is 0 Å². The molecule has 0 aromatic heterocycles. The van der Waals surface area contributed by atoms with Gasteiger partial charge in [-0.2, -0.15) is 0 Å². The molecule has 2 aromatic carbocycles. The highest BCUT2D eigenvalue weighted by atomic mass is 16.6. The fourth-order valence-corrected chi connectivity index (χ4v) is 1.85. The molecule has 6 nitrogen and oxygen atoms in total. The van der Waals surface area contributed by atoms with Crippen molar-refractivity contribution in [2.45, 2.75) is 13.2 Å². The first-order valence-electron chi connectivity index (χ1n) is 6.27. The molecule has 0 amide bonds. The smallest absolute Gasteiger partial charge is 0.273 e. The molecule has 0 spiro atoms. The highest BCUT2D eigenvalue weighted by Crippen LogP contribution is 2.24. The van der Waals surface area contributed by atoms with Gasteiger partial charge in [0.1, 0.15) is 18.1 Å². The van der Waals surface area contributed by atoms with Gasteiger partial charge in [0.05, 0.1) is 24.7 Å². The van der Waals surface area contributed by atoms with Crippen LogP contribution in [0.5, 0.6) is 11.5 Å². The standard InChI is InChI=1S/C15H15NO5/c1-20-15-7-12(5-13(8-15)16(18)19)10-21-14-4-2-3-11(6-14)9-17/h2-8,17H,9-10H2,1H3. The first-order valence-corrected chi connectivity index (χ1v) is 6.27. The third-order valence-electron chi connectivity index (χ3n) is 2.88. The highest BCUT2D eigenvalue weighted by molar-refractivity contribution is 5.42. The predicted molar refractivity (Wildman–Crippen MR) is 76.3 cm³/mol. The average Bonchev–Trinajstić information content (AvgIpc) is 2.52. The van der Waals surface area contributed by atoms with Gasteiger partial charge in [-0.05, 0) is 29.3 Å². The minimum atomic E-state index is -0.474. The summed E-state index contributed by atoms with van der Waals surface area (Å²) in [5.74, 6) is 0.999. The van der Waals surface area contributed by atoms with Crippen LogP contribution in [0.15, 0.2) is 42.5 Å². The topological polar surface area (TPSA) is 81.8 Å². The Kier molecular flexibility index (Phi) is 4.73. The highest BCUT2D eigenvalue weighted by Gasteiger charge is 2.10. The van der Waals surface area contributed by atoms with Gasteiger partial charge in [0.25, 0.3) is 5.69 Å². The lowest BCUT2D eigenvalue weighted by atomic mass is 10.2. The van der Waals surface area contributed by atoms with E-state index in [2.05, 4.69) is 0 Å². The number of ether oxygens (including phenoxy) is 2. The molecule has 0 unspecified atom stereocenters. The summed E-state index contributed by atoms with van der Waals surface area (Å²) in [5.41, 5.74) is 1.33. The van der Waals surface area contributed by atoms with Crippen LogP contribution in [0.4, 0.5) is 5.69 Å². The summed E-state index contributed by atoms with van der Waals surface area (Å²) < 4.78 is 10.6. The molecular weight excluding hydrogens is 274 g/mol. The quantitative estimate of drug-likeness (QED) is 0.653. The van der Waals surface area contributed by atoms with E-state index in [4.69, 9.17) is 14.6 Å². The van der Waals surface area contributed by atoms with E-state index in [1.165, 1.54) is 19.2 Å². The Morgan fingerprint density at radius 2 is 1.90 bits per heavy atom. The number of aliphatic hydroxyl groups excluding tert-OH is 1. The van der Waals surface area contributed by atoms with E-state index in [1.807, 2.05) is 0 Å². The van der Waals surface area contributed by atoms with E-state index in [1.54, 1.807) is 30.3 Å². The fraction of sp³-hybridized carbons (Fsp3) is 0.200. The molecule has 0 saturated heterocycles. The second kappa shape index (κ2) is 6.71. The Hall–Kier alpha value is -2.60. The van der Waals surface area contributed by atoms with Crippen LogP contribution in [-0.2, 0) is 13.2 Å². The summed E-state index contributed by atoms with van der Waals surface area (Å²) in [6.07, 6.45) is 0. The molecule has 0 bridgehead atoms. The summed E-state index contributed by atoms with van der Waals surface area (Å²) in [6.45, 7) is 0.106. The van der Waals surface area contributed by atoms with E-state index >= 15 is 0 Å². The summed E-state index contributed by atoms with van der Waals surface area (Å²) in [5, 5.41) is 19.9.